The fourth-order valence-corrected chi connectivity index (χ4v) is 14.6. The molecule has 0 fully saturated rings. The summed E-state index contributed by atoms with van der Waals surface area (Å²) >= 11 is 0. The quantitative estimate of drug-likeness (QED) is 0.0222. The van der Waals surface area contributed by atoms with Gasteiger partial charge >= 0.3 is 39.5 Å². The van der Waals surface area contributed by atoms with Gasteiger partial charge in [0.1, 0.15) is 19.3 Å². The van der Waals surface area contributed by atoms with Crippen LogP contribution in [-0.2, 0) is 65.4 Å². The van der Waals surface area contributed by atoms with E-state index >= 15 is 0 Å². The van der Waals surface area contributed by atoms with E-state index in [1.54, 1.807) is 0 Å². The van der Waals surface area contributed by atoms with Gasteiger partial charge in [0.15, 0.2) is 12.2 Å². The van der Waals surface area contributed by atoms with Gasteiger partial charge in [0.25, 0.3) is 0 Å². The Kier molecular flexibility index (Phi) is 74.1. The highest BCUT2D eigenvalue weighted by atomic mass is 31.2. The molecule has 103 heavy (non-hydrogen) atoms. The first-order valence-electron chi connectivity index (χ1n) is 43.5. The lowest BCUT2D eigenvalue weighted by Crippen LogP contribution is -2.30. The van der Waals surface area contributed by atoms with Gasteiger partial charge in [0.2, 0.25) is 0 Å². The molecule has 0 aliphatic heterocycles. The topological polar surface area (TPSA) is 237 Å². The first-order chi connectivity index (χ1) is 49.9. The van der Waals surface area contributed by atoms with Crippen LogP contribution >= 0.6 is 15.6 Å². The van der Waals surface area contributed by atoms with E-state index < -0.39 is 97.5 Å². The van der Waals surface area contributed by atoms with Crippen molar-refractivity contribution in [2.75, 3.05) is 39.6 Å². The number of aliphatic hydroxyl groups excluding tert-OH is 1. The number of aliphatic hydroxyl groups is 1. The van der Waals surface area contributed by atoms with Gasteiger partial charge in [-0.15, -0.1) is 0 Å². The summed E-state index contributed by atoms with van der Waals surface area (Å²) in [4.78, 5) is 73.2. The van der Waals surface area contributed by atoms with Crippen LogP contribution in [0.3, 0.4) is 0 Å². The summed E-state index contributed by atoms with van der Waals surface area (Å²) in [6, 6.07) is 0. The molecule has 0 amide bonds. The zero-order valence-corrected chi connectivity index (χ0v) is 69.4. The van der Waals surface area contributed by atoms with Crippen LogP contribution in [0.1, 0.15) is 446 Å². The molecule has 0 radical (unpaired) electrons. The second-order valence-electron chi connectivity index (χ2n) is 30.9. The summed E-state index contributed by atoms with van der Waals surface area (Å²) in [6.07, 6.45) is 66.6. The maximum absolute atomic E-state index is 13.1. The van der Waals surface area contributed by atoms with Gasteiger partial charge < -0.3 is 33.8 Å². The Morgan fingerprint density at radius 1 is 0.282 bits per heavy atom. The first kappa shape index (κ1) is 101. The van der Waals surface area contributed by atoms with Crippen molar-refractivity contribution < 1.29 is 80.2 Å². The van der Waals surface area contributed by atoms with Crippen LogP contribution in [0.5, 0.6) is 0 Å². The highest BCUT2D eigenvalue weighted by molar-refractivity contribution is 7.47. The van der Waals surface area contributed by atoms with Crippen LogP contribution in [-0.4, -0.2) is 96.7 Å². The largest absolute Gasteiger partial charge is 0.472 e. The summed E-state index contributed by atoms with van der Waals surface area (Å²) in [6.45, 7) is 9.68. The molecule has 0 aliphatic rings. The van der Waals surface area contributed by atoms with E-state index in [1.807, 2.05) is 0 Å². The van der Waals surface area contributed by atoms with Crippen molar-refractivity contribution in [3.05, 3.63) is 0 Å². The number of rotatable bonds is 83. The minimum absolute atomic E-state index is 0.108. The van der Waals surface area contributed by atoms with Gasteiger partial charge in [-0.3, -0.25) is 37.3 Å². The smallest absolute Gasteiger partial charge is 0.462 e. The Labute approximate surface area is 632 Å². The summed E-state index contributed by atoms with van der Waals surface area (Å²) in [5.74, 6) is -0.536. The monoisotopic (exact) mass is 1510 g/mol. The standard InChI is InChI=1S/C84H164O17P2/c1-7-10-12-14-16-18-20-22-24-25-26-27-28-29-30-31-33-35-45-51-57-63-69-84(89)101-80(73-95-82(87)67-61-55-49-43-39-37-41-47-53-59-65-77(6)9-3)75-99-103(92,93)97-71-78(85)70-96-102(90,91)98-74-79(72-94-81(86)66-60-54-48-42-38-36-40-46-52-58-64-76(4)5)100-83(88)68-62-56-50-44-34-32-23-21-19-17-15-13-11-8-2/h76-80,85H,7-75H2,1-6H3,(H,90,91)(H,92,93)/t77?,78-,79+,80+/m0/s1. The molecule has 0 aromatic rings. The molecule has 6 atom stereocenters. The molecule has 3 unspecified atom stereocenters. The molecular weight excluding hydrogens is 1340 g/mol. The number of esters is 4. The van der Waals surface area contributed by atoms with Crippen molar-refractivity contribution in [3.63, 3.8) is 0 Å². The molecule has 0 spiro atoms. The Hall–Kier alpha value is -1.94. The Bertz CT molecular complexity index is 1980. The normalized spacial score (nSPS) is 14.1. The lowest BCUT2D eigenvalue weighted by atomic mass is 9.99. The van der Waals surface area contributed by atoms with E-state index in [-0.39, 0.29) is 25.7 Å². The van der Waals surface area contributed by atoms with Crippen LogP contribution in [0.25, 0.3) is 0 Å². The summed E-state index contributed by atoms with van der Waals surface area (Å²) in [5, 5.41) is 10.7. The van der Waals surface area contributed by atoms with E-state index in [4.69, 9.17) is 37.0 Å². The fraction of sp³-hybridized carbons (Fsp3) is 0.952. The highest BCUT2D eigenvalue weighted by Gasteiger charge is 2.30. The van der Waals surface area contributed by atoms with Crippen LogP contribution < -0.4 is 0 Å². The molecule has 0 heterocycles. The van der Waals surface area contributed by atoms with Crippen LogP contribution in [0, 0.1) is 11.8 Å². The van der Waals surface area contributed by atoms with Crippen LogP contribution in [0.2, 0.25) is 0 Å². The predicted octanol–water partition coefficient (Wildman–Crippen LogP) is 25.5. The average Bonchev–Trinajstić information content (AvgIpc) is 1.37. The van der Waals surface area contributed by atoms with Gasteiger partial charge in [-0.05, 0) is 37.5 Å². The molecule has 0 saturated carbocycles. The minimum Gasteiger partial charge on any atom is -0.462 e. The van der Waals surface area contributed by atoms with E-state index in [1.165, 1.54) is 263 Å². The zero-order valence-electron chi connectivity index (χ0n) is 67.6. The van der Waals surface area contributed by atoms with Crippen LogP contribution in [0.4, 0.5) is 0 Å². The van der Waals surface area contributed by atoms with Gasteiger partial charge in [0.05, 0.1) is 26.4 Å². The van der Waals surface area contributed by atoms with E-state index in [0.29, 0.717) is 25.7 Å². The SMILES string of the molecule is CCCCCCCCCCCCCCCCCCCCCCCCC(=O)O[C@H](COC(=O)CCCCCCCCCCCCC(C)CC)COP(=O)(O)OC[C@@H](O)COP(=O)(O)OC[C@@H](COC(=O)CCCCCCCCCCCCC(C)C)OC(=O)CCCCCCCCCCCCCCCC. The van der Waals surface area contributed by atoms with Crippen molar-refractivity contribution in [2.24, 2.45) is 11.8 Å². The second kappa shape index (κ2) is 75.5. The number of unbranched alkanes of at least 4 members (excludes halogenated alkanes) is 52. The molecule has 3 N–H and O–H groups in total. The lowest BCUT2D eigenvalue weighted by Gasteiger charge is -2.21. The van der Waals surface area contributed by atoms with Crippen molar-refractivity contribution in [1.29, 1.82) is 0 Å². The lowest BCUT2D eigenvalue weighted by molar-refractivity contribution is -0.161. The zero-order chi connectivity index (χ0) is 75.6. The summed E-state index contributed by atoms with van der Waals surface area (Å²) in [7, 11) is -9.93. The highest BCUT2D eigenvalue weighted by Crippen LogP contribution is 2.45. The summed E-state index contributed by atoms with van der Waals surface area (Å²) in [5.41, 5.74) is 0. The van der Waals surface area contributed by atoms with E-state index in [2.05, 4.69) is 41.5 Å². The molecule has 0 rings (SSSR count). The molecule has 0 aromatic heterocycles. The third-order valence-electron chi connectivity index (χ3n) is 20.1. The number of carbonyl (C=O) groups excluding carboxylic acids is 4. The van der Waals surface area contributed by atoms with Gasteiger partial charge in [-0.25, -0.2) is 9.13 Å². The van der Waals surface area contributed by atoms with Crippen LogP contribution in [0.15, 0.2) is 0 Å². The Balaban J connectivity index is 5.23. The molecule has 0 aromatic carbocycles. The van der Waals surface area contributed by atoms with E-state index in [0.717, 1.165) is 102 Å². The average molecular weight is 1510 g/mol. The van der Waals surface area contributed by atoms with Gasteiger partial charge in [0, 0.05) is 25.7 Å². The minimum atomic E-state index is -4.96. The van der Waals surface area contributed by atoms with Crippen molar-refractivity contribution in [3.8, 4) is 0 Å². The first-order valence-corrected chi connectivity index (χ1v) is 46.5. The van der Waals surface area contributed by atoms with Gasteiger partial charge in [-0.1, -0.05) is 395 Å². The predicted molar refractivity (Wildman–Crippen MR) is 423 cm³/mol. The van der Waals surface area contributed by atoms with Crippen molar-refractivity contribution >= 4 is 39.5 Å². The number of hydrogen-bond donors (Lipinski definition) is 3. The molecule has 0 saturated heterocycles. The molecule has 19 heteroatoms. The van der Waals surface area contributed by atoms with Gasteiger partial charge in [-0.2, -0.15) is 0 Å². The molecule has 17 nitrogen and oxygen atoms in total. The number of ether oxygens (including phenoxy) is 4. The summed E-state index contributed by atoms with van der Waals surface area (Å²) < 4.78 is 68.8. The molecule has 0 bridgehead atoms. The third kappa shape index (κ3) is 76.6. The van der Waals surface area contributed by atoms with Crippen molar-refractivity contribution in [1.82, 2.24) is 0 Å². The van der Waals surface area contributed by atoms with Crippen molar-refractivity contribution in [2.45, 2.75) is 464 Å². The number of hydrogen-bond acceptors (Lipinski definition) is 15. The maximum atomic E-state index is 13.1. The number of phosphoric acid groups is 2. The Morgan fingerprint density at radius 3 is 0.738 bits per heavy atom. The third-order valence-corrected chi connectivity index (χ3v) is 22.0. The van der Waals surface area contributed by atoms with E-state index in [9.17, 15) is 43.2 Å². The number of carbonyl (C=O) groups is 4. The second-order valence-corrected chi connectivity index (χ2v) is 33.8. The number of phosphoric ester groups is 2. The maximum Gasteiger partial charge on any atom is 0.472 e. The molecular formula is C84H164O17P2. The Morgan fingerprint density at radius 2 is 0.495 bits per heavy atom. The molecule has 612 valence electrons. The fourth-order valence-electron chi connectivity index (χ4n) is 13.0. The molecule has 0 aliphatic carbocycles.